The average Bonchev–Trinajstić information content (AvgIpc) is 2.84. The minimum Gasteiger partial charge on any atom is -0.411 e. The van der Waals surface area contributed by atoms with Gasteiger partial charge in [0.15, 0.2) is 8.32 Å². The van der Waals surface area contributed by atoms with Gasteiger partial charge in [0, 0.05) is 6.42 Å². The highest BCUT2D eigenvalue weighted by molar-refractivity contribution is 6.74. The molecule has 2 heterocycles. The van der Waals surface area contributed by atoms with Crippen LogP contribution < -0.4 is 11.2 Å². The Bertz CT molecular complexity index is 737. The van der Waals surface area contributed by atoms with E-state index in [1.54, 1.807) is 6.92 Å². The lowest BCUT2D eigenvalue weighted by Crippen LogP contribution is -2.47. The van der Waals surface area contributed by atoms with Crippen molar-refractivity contribution >= 4 is 8.32 Å². The van der Waals surface area contributed by atoms with Crippen LogP contribution in [0, 0.1) is 5.82 Å². The predicted molar refractivity (Wildman–Crippen MR) is 93.6 cm³/mol. The molecule has 4 unspecified atom stereocenters. The highest BCUT2D eigenvalue weighted by Gasteiger charge is 2.46. The molecule has 25 heavy (non-hydrogen) atoms. The van der Waals surface area contributed by atoms with E-state index in [1.807, 2.05) is 4.98 Å². The van der Waals surface area contributed by atoms with Crippen LogP contribution in [0.25, 0.3) is 0 Å². The lowest BCUT2D eigenvalue weighted by molar-refractivity contribution is -0.0752. The Morgan fingerprint density at radius 1 is 1.44 bits per heavy atom. The first-order valence-electron chi connectivity index (χ1n) is 8.36. The summed E-state index contributed by atoms with van der Waals surface area (Å²) in [6.07, 6.45) is -1.57. The van der Waals surface area contributed by atoms with E-state index in [-0.39, 0.29) is 11.5 Å². The Balaban J connectivity index is 2.31. The molecule has 1 saturated heterocycles. The molecule has 0 radical (unpaired) electrons. The van der Waals surface area contributed by atoms with Crippen LogP contribution in [-0.4, -0.2) is 41.3 Å². The third-order valence-electron chi connectivity index (χ3n) is 5.08. The number of rotatable bonds is 4. The molecule has 2 N–H and O–H groups in total. The Labute approximate surface area is 146 Å². The molecule has 1 aliphatic rings. The van der Waals surface area contributed by atoms with E-state index in [2.05, 4.69) is 33.9 Å². The van der Waals surface area contributed by atoms with Crippen LogP contribution in [0.3, 0.4) is 0 Å². The topological polar surface area (TPSA) is 93.5 Å². The first kappa shape index (κ1) is 20.0. The fourth-order valence-electron chi connectivity index (χ4n) is 2.61. The van der Waals surface area contributed by atoms with Gasteiger partial charge in [0.1, 0.15) is 12.3 Å². The molecule has 0 amide bonds. The third kappa shape index (κ3) is 4.10. The standard InChI is InChI=1S/C16H27FN2O5Si/c1-9(20)13-11(24-25(5,6)16(2,3)4)7-12(23-13)19-8-10(17)14(21)18-15(19)22/h8-9,11-13,20H,7H2,1-6H3,(H,18,21,22). The van der Waals surface area contributed by atoms with Gasteiger partial charge in [-0.25, -0.2) is 4.79 Å². The summed E-state index contributed by atoms with van der Waals surface area (Å²) in [5.74, 6) is -1.06. The molecular weight excluding hydrogens is 347 g/mol. The van der Waals surface area contributed by atoms with Crippen LogP contribution in [0.5, 0.6) is 0 Å². The maximum atomic E-state index is 13.6. The number of nitrogens with zero attached hydrogens (tertiary/aromatic N) is 1. The maximum Gasteiger partial charge on any atom is 0.330 e. The second kappa shape index (κ2) is 6.79. The summed E-state index contributed by atoms with van der Waals surface area (Å²) in [5.41, 5.74) is -1.82. The fourth-order valence-corrected chi connectivity index (χ4v) is 3.95. The van der Waals surface area contributed by atoms with Crippen LogP contribution in [0.15, 0.2) is 15.8 Å². The van der Waals surface area contributed by atoms with E-state index in [0.29, 0.717) is 0 Å². The van der Waals surface area contributed by atoms with Crippen molar-refractivity contribution in [3.05, 3.63) is 32.9 Å². The largest absolute Gasteiger partial charge is 0.411 e. The van der Waals surface area contributed by atoms with E-state index in [9.17, 15) is 19.1 Å². The van der Waals surface area contributed by atoms with Gasteiger partial charge in [0.25, 0.3) is 5.56 Å². The number of hydrogen-bond acceptors (Lipinski definition) is 5. The van der Waals surface area contributed by atoms with E-state index in [0.717, 1.165) is 10.8 Å². The predicted octanol–water partition coefficient (Wildman–Crippen LogP) is 1.73. The van der Waals surface area contributed by atoms with Gasteiger partial charge < -0.3 is 14.3 Å². The summed E-state index contributed by atoms with van der Waals surface area (Å²) >= 11 is 0. The number of aromatic nitrogens is 2. The van der Waals surface area contributed by atoms with Crippen LogP contribution in [-0.2, 0) is 9.16 Å². The van der Waals surface area contributed by atoms with E-state index in [4.69, 9.17) is 9.16 Å². The van der Waals surface area contributed by atoms with Gasteiger partial charge in [0.05, 0.1) is 18.4 Å². The van der Waals surface area contributed by atoms with Gasteiger partial charge in [0.2, 0.25) is 5.82 Å². The number of halogens is 1. The SMILES string of the molecule is CC(O)C1OC(n2cc(F)c(=O)[nH]c2=O)CC1O[Si](C)(C)C(C)(C)C. The van der Waals surface area contributed by atoms with Gasteiger partial charge in [-0.15, -0.1) is 0 Å². The average molecular weight is 374 g/mol. The number of H-pyrrole nitrogens is 1. The summed E-state index contributed by atoms with van der Waals surface area (Å²) in [4.78, 5) is 25.1. The Hall–Kier alpha value is -1.29. The lowest BCUT2D eigenvalue weighted by atomic mass is 10.1. The Morgan fingerprint density at radius 3 is 2.56 bits per heavy atom. The molecule has 1 aliphatic heterocycles. The quantitative estimate of drug-likeness (QED) is 0.783. The van der Waals surface area contributed by atoms with Crippen molar-refractivity contribution in [2.75, 3.05) is 0 Å². The molecule has 7 nitrogen and oxygen atoms in total. The Kier molecular flexibility index (Phi) is 5.44. The fraction of sp³-hybridized carbons (Fsp3) is 0.750. The summed E-state index contributed by atoms with van der Waals surface area (Å²) in [7, 11) is -2.13. The molecule has 0 saturated carbocycles. The maximum absolute atomic E-state index is 13.6. The summed E-state index contributed by atoms with van der Waals surface area (Å²) in [5, 5.41) is 10.0. The molecule has 4 atom stereocenters. The molecule has 0 bridgehead atoms. The normalized spacial score (nSPS) is 26.0. The van der Waals surface area contributed by atoms with Crippen molar-refractivity contribution in [2.24, 2.45) is 0 Å². The minimum absolute atomic E-state index is 0.0325. The monoisotopic (exact) mass is 374 g/mol. The summed E-state index contributed by atoms with van der Waals surface area (Å²) in [6, 6.07) is 0. The van der Waals surface area contributed by atoms with E-state index < -0.39 is 49.9 Å². The number of aliphatic hydroxyl groups is 1. The number of nitrogens with one attached hydrogen (secondary N) is 1. The smallest absolute Gasteiger partial charge is 0.330 e. The van der Waals surface area contributed by atoms with Gasteiger partial charge in [-0.3, -0.25) is 14.3 Å². The molecule has 142 valence electrons. The zero-order valence-electron chi connectivity index (χ0n) is 15.5. The van der Waals surface area contributed by atoms with Crippen molar-refractivity contribution in [3.63, 3.8) is 0 Å². The molecule has 1 fully saturated rings. The van der Waals surface area contributed by atoms with Crippen LogP contribution in [0.4, 0.5) is 4.39 Å². The summed E-state index contributed by atoms with van der Waals surface area (Å²) in [6.45, 7) is 12.1. The van der Waals surface area contributed by atoms with Gasteiger partial charge in [-0.05, 0) is 25.1 Å². The van der Waals surface area contributed by atoms with Gasteiger partial charge in [-0.1, -0.05) is 20.8 Å². The number of hydrogen-bond donors (Lipinski definition) is 2. The highest BCUT2D eigenvalue weighted by atomic mass is 28.4. The molecule has 2 rings (SSSR count). The van der Waals surface area contributed by atoms with Crippen molar-refractivity contribution in [3.8, 4) is 0 Å². The van der Waals surface area contributed by atoms with Crippen LogP contribution in [0.1, 0.15) is 40.3 Å². The molecular formula is C16H27FN2O5Si. The highest BCUT2D eigenvalue weighted by Crippen LogP contribution is 2.41. The lowest BCUT2D eigenvalue weighted by Gasteiger charge is -2.39. The van der Waals surface area contributed by atoms with E-state index >= 15 is 0 Å². The molecule has 1 aromatic rings. The molecule has 0 spiro atoms. The molecule has 9 heteroatoms. The van der Waals surface area contributed by atoms with Gasteiger partial charge >= 0.3 is 5.69 Å². The van der Waals surface area contributed by atoms with Crippen molar-refractivity contribution in [1.82, 2.24) is 9.55 Å². The number of aliphatic hydroxyl groups excluding tert-OH is 1. The summed E-state index contributed by atoms with van der Waals surface area (Å²) < 4.78 is 26.7. The second-order valence-corrected chi connectivity index (χ2v) is 12.8. The van der Waals surface area contributed by atoms with Crippen molar-refractivity contribution < 1.29 is 18.7 Å². The Morgan fingerprint density at radius 2 is 2.04 bits per heavy atom. The van der Waals surface area contributed by atoms with E-state index in [1.165, 1.54) is 0 Å². The van der Waals surface area contributed by atoms with Crippen molar-refractivity contribution in [1.29, 1.82) is 0 Å². The second-order valence-electron chi connectivity index (χ2n) is 8.09. The first-order chi connectivity index (χ1) is 11.3. The number of ether oxygens (including phenoxy) is 1. The zero-order chi connectivity index (χ0) is 19.2. The van der Waals surface area contributed by atoms with Gasteiger partial charge in [-0.2, -0.15) is 4.39 Å². The minimum atomic E-state index is -2.13. The molecule has 0 aromatic carbocycles. The first-order valence-corrected chi connectivity index (χ1v) is 11.3. The molecule has 1 aromatic heterocycles. The third-order valence-corrected chi connectivity index (χ3v) is 9.58. The molecule has 0 aliphatic carbocycles. The zero-order valence-corrected chi connectivity index (χ0v) is 16.5. The van der Waals surface area contributed by atoms with Crippen molar-refractivity contribution in [2.45, 2.75) is 76.8 Å². The van der Waals surface area contributed by atoms with Crippen LogP contribution >= 0.6 is 0 Å². The van der Waals surface area contributed by atoms with Crippen LogP contribution in [0.2, 0.25) is 18.1 Å². The number of aromatic amines is 1.